The summed E-state index contributed by atoms with van der Waals surface area (Å²) in [6.45, 7) is 7.74. The van der Waals surface area contributed by atoms with Crippen LogP contribution in [0.2, 0.25) is 0 Å². The molecule has 2 aromatic heterocycles. The summed E-state index contributed by atoms with van der Waals surface area (Å²) in [5.74, 6) is -0.191. The number of benzene rings is 3. The fraction of sp³-hybridized carbons (Fsp3) is 0.129. The maximum Gasteiger partial charge on any atom is 0.284 e. The highest BCUT2D eigenvalue weighted by molar-refractivity contribution is 5.93. The van der Waals surface area contributed by atoms with Gasteiger partial charge in [0, 0.05) is 17.6 Å². The molecule has 0 unspecified atom stereocenters. The van der Waals surface area contributed by atoms with Gasteiger partial charge in [0.25, 0.3) is 11.5 Å². The molecule has 2 N–H and O–H groups in total. The first kappa shape index (κ1) is 26.4. The van der Waals surface area contributed by atoms with Crippen LogP contribution in [0.4, 0.5) is 4.39 Å². The van der Waals surface area contributed by atoms with Crippen molar-refractivity contribution in [3.63, 3.8) is 0 Å². The molecule has 2 heterocycles. The number of carbonyl (C=O) groups excluding carboxylic acids is 1. The lowest BCUT2D eigenvalue weighted by molar-refractivity contribution is 0.0998. The molecule has 40 heavy (non-hydrogen) atoms. The molecular formula is C31H27FN4O4. The van der Waals surface area contributed by atoms with Crippen LogP contribution in [0, 0.1) is 12.7 Å². The molecule has 5 rings (SSSR count). The van der Waals surface area contributed by atoms with Crippen molar-refractivity contribution in [1.82, 2.24) is 14.3 Å². The first-order valence-corrected chi connectivity index (χ1v) is 12.5. The molecule has 8 nitrogen and oxygen atoms in total. The SMILES string of the molecule is C=C(C)Cn1c(C)c(C(N)=O)c(=O)n1-c1cccc(-c2ccc(Oc3ccnc4cc(OC)ccc34)c(F)c2)c1. The third-order valence-corrected chi connectivity index (χ3v) is 6.55. The second kappa shape index (κ2) is 10.5. The molecule has 0 bridgehead atoms. The first-order chi connectivity index (χ1) is 19.2. The van der Waals surface area contributed by atoms with Gasteiger partial charge >= 0.3 is 0 Å². The molecule has 1 amide bonds. The van der Waals surface area contributed by atoms with Crippen LogP contribution in [-0.4, -0.2) is 27.4 Å². The number of carbonyl (C=O) groups is 1. The van der Waals surface area contributed by atoms with E-state index < -0.39 is 17.3 Å². The molecule has 0 fully saturated rings. The van der Waals surface area contributed by atoms with E-state index in [4.69, 9.17) is 15.2 Å². The zero-order chi connectivity index (χ0) is 28.6. The predicted octanol–water partition coefficient (Wildman–Crippen LogP) is 5.78. The fourth-order valence-corrected chi connectivity index (χ4v) is 4.65. The number of amides is 1. The molecule has 0 saturated carbocycles. The number of methoxy groups -OCH3 is 1. The average Bonchev–Trinajstić information content (AvgIpc) is 3.17. The van der Waals surface area contributed by atoms with E-state index in [0.29, 0.717) is 51.5 Å². The van der Waals surface area contributed by atoms with Crippen LogP contribution in [0.1, 0.15) is 23.0 Å². The molecule has 0 aliphatic heterocycles. The van der Waals surface area contributed by atoms with E-state index >= 15 is 4.39 Å². The first-order valence-electron chi connectivity index (χ1n) is 12.5. The Morgan fingerprint density at radius 1 is 1.05 bits per heavy atom. The Labute approximate surface area is 229 Å². The van der Waals surface area contributed by atoms with Gasteiger partial charge in [-0.1, -0.05) is 30.4 Å². The van der Waals surface area contributed by atoms with Gasteiger partial charge in [-0.15, -0.1) is 0 Å². The van der Waals surface area contributed by atoms with Gasteiger partial charge in [0.2, 0.25) is 0 Å². The number of hydrogen-bond acceptors (Lipinski definition) is 5. The van der Waals surface area contributed by atoms with Gasteiger partial charge < -0.3 is 15.2 Å². The summed E-state index contributed by atoms with van der Waals surface area (Å²) >= 11 is 0. The molecule has 3 aromatic carbocycles. The lowest BCUT2D eigenvalue weighted by Crippen LogP contribution is -2.26. The zero-order valence-corrected chi connectivity index (χ0v) is 22.3. The largest absolute Gasteiger partial charge is 0.497 e. The maximum absolute atomic E-state index is 15.3. The summed E-state index contributed by atoms with van der Waals surface area (Å²) < 4.78 is 29.5. The second-order valence-electron chi connectivity index (χ2n) is 9.45. The highest BCUT2D eigenvalue weighted by atomic mass is 19.1. The normalized spacial score (nSPS) is 11.0. The van der Waals surface area contributed by atoms with Crippen molar-refractivity contribution >= 4 is 16.8 Å². The highest BCUT2D eigenvalue weighted by Crippen LogP contribution is 2.34. The van der Waals surface area contributed by atoms with Crippen molar-refractivity contribution in [2.75, 3.05) is 7.11 Å². The molecule has 5 aromatic rings. The number of hydrogen-bond donors (Lipinski definition) is 1. The Morgan fingerprint density at radius 3 is 2.52 bits per heavy atom. The number of aromatic nitrogens is 3. The third kappa shape index (κ3) is 4.84. The molecule has 0 atom stereocenters. The van der Waals surface area contributed by atoms with E-state index in [9.17, 15) is 9.59 Å². The van der Waals surface area contributed by atoms with E-state index in [0.717, 1.165) is 5.57 Å². The molecule has 9 heteroatoms. The van der Waals surface area contributed by atoms with Gasteiger partial charge in [-0.05, 0) is 67.4 Å². The molecule has 0 aliphatic rings. The van der Waals surface area contributed by atoms with E-state index in [2.05, 4.69) is 11.6 Å². The minimum absolute atomic E-state index is 0.0523. The summed E-state index contributed by atoms with van der Waals surface area (Å²) in [4.78, 5) is 29.6. The highest BCUT2D eigenvalue weighted by Gasteiger charge is 2.22. The summed E-state index contributed by atoms with van der Waals surface area (Å²) in [5, 5.41) is 0.716. The standard InChI is InChI=1S/C31H27FN4O4/c1-18(2)17-35-19(3)29(30(33)37)31(38)36(35)22-7-5-6-20(14-22)21-8-11-28(25(32)15-21)40-27-12-13-34-26-16-23(39-4)9-10-24(26)27/h5-16H,1,17H2,2-4H3,(H2,33,37). The van der Waals surface area contributed by atoms with Crippen LogP contribution in [0.15, 0.2) is 89.9 Å². The number of nitrogens with two attached hydrogens (primary N) is 1. The molecule has 0 radical (unpaired) electrons. The minimum Gasteiger partial charge on any atom is -0.497 e. The Kier molecular flexibility index (Phi) is 6.96. The Morgan fingerprint density at radius 2 is 1.82 bits per heavy atom. The molecule has 0 aliphatic carbocycles. The molecule has 0 saturated heterocycles. The lowest BCUT2D eigenvalue weighted by atomic mass is 10.0. The number of fused-ring (bicyclic) bond motifs is 1. The number of allylic oxidation sites excluding steroid dienone is 1. The van der Waals surface area contributed by atoms with E-state index in [1.165, 1.54) is 10.7 Å². The van der Waals surface area contributed by atoms with Crippen LogP contribution < -0.4 is 20.8 Å². The summed E-state index contributed by atoms with van der Waals surface area (Å²) in [6.07, 6.45) is 1.59. The smallest absolute Gasteiger partial charge is 0.284 e. The predicted molar refractivity (Wildman–Crippen MR) is 152 cm³/mol. The summed E-state index contributed by atoms with van der Waals surface area (Å²) in [6, 6.07) is 18.8. The van der Waals surface area contributed by atoms with Gasteiger partial charge in [0.1, 0.15) is 17.1 Å². The Hall–Kier alpha value is -5.18. The van der Waals surface area contributed by atoms with Crippen molar-refractivity contribution in [2.45, 2.75) is 20.4 Å². The Balaban J connectivity index is 1.51. The lowest BCUT2D eigenvalue weighted by Gasteiger charge is -2.15. The third-order valence-electron chi connectivity index (χ3n) is 6.55. The van der Waals surface area contributed by atoms with Gasteiger partial charge in [0.15, 0.2) is 11.6 Å². The fourth-order valence-electron chi connectivity index (χ4n) is 4.65. The van der Waals surface area contributed by atoms with E-state index in [1.54, 1.807) is 73.4 Å². The van der Waals surface area contributed by atoms with Crippen LogP contribution in [0.5, 0.6) is 17.2 Å². The van der Waals surface area contributed by atoms with Crippen molar-refractivity contribution in [1.29, 1.82) is 0 Å². The van der Waals surface area contributed by atoms with E-state index in [1.807, 2.05) is 19.1 Å². The second-order valence-corrected chi connectivity index (χ2v) is 9.45. The minimum atomic E-state index is -0.799. The van der Waals surface area contributed by atoms with Gasteiger partial charge in [-0.3, -0.25) is 19.3 Å². The zero-order valence-electron chi connectivity index (χ0n) is 22.3. The number of ether oxygens (including phenoxy) is 2. The number of nitrogens with zero attached hydrogens (tertiary/aromatic N) is 3. The molecule has 202 valence electrons. The van der Waals surface area contributed by atoms with Crippen LogP contribution in [0.3, 0.4) is 0 Å². The van der Waals surface area contributed by atoms with Crippen molar-refractivity contribution < 1.29 is 18.7 Å². The average molecular weight is 539 g/mol. The molecule has 0 spiro atoms. The quantitative estimate of drug-likeness (QED) is 0.253. The molecular weight excluding hydrogens is 511 g/mol. The number of pyridine rings is 1. The van der Waals surface area contributed by atoms with Crippen molar-refractivity contribution in [3.8, 4) is 34.1 Å². The number of halogens is 1. The summed E-state index contributed by atoms with van der Waals surface area (Å²) in [5.41, 5.74) is 8.53. The van der Waals surface area contributed by atoms with Crippen LogP contribution in [0.25, 0.3) is 27.7 Å². The topological polar surface area (TPSA) is 101 Å². The Bertz CT molecular complexity index is 1850. The van der Waals surface area contributed by atoms with Crippen LogP contribution >= 0.6 is 0 Å². The van der Waals surface area contributed by atoms with Crippen molar-refractivity contribution in [2.24, 2.45) is 5.73 Å². The van der Waals surface area contributed by atoms with Crippen molar-refractivity contribution in [3.05, 3.63) is 113 Å². The van der Waals surface area contributed by atoms with Gasteiger partial charge in [0.05, 0.1) is 30.6 Å². The van der Waals surface area contributed by atoms with Gasteiger partial charge in [-0.25, -0.2) is 9.07 Å². The van der Waals surface area contributed by atoms with Gasteiger partial charge in [-0.2, -0.15) is 0 Å². The summed E-state index contributed by atoms with van der Waals surface area (Å²) in [7, 11) is 1.58. The number of rotatable bonds is 8. The number of primary amides is 1. The maximum atomic E-state index is 15.3. The van der Waals surface area contributed by atoms with E-state index in [-0.39, 0.29) is 11.3 Å². The monoisotopic (exact) mass is 538 g/mol. The van der Waals surface area contributed by atoms with Crippen LogP contribution in [-0.2, 0) is 6.54 Å².